The van der Waals surface area contributed by atoms with Crippen LogP contribution >= 0.6 is 0 Å². The van der Waals surface area contributed by atoms with Gasteiger partial charge in [0, 0.05) is 19.3 Å². The Bertz CT molecular complexity index is 676. The van der Waals surface area contributed by atoms with E-state index >= 15 is 0 Å². The first kappa shape index (κ1) is 18.2. The Hall–Kier alpha value is -2.19. The average molecular weight is 345 g/mol. The second-order valence-electron chi connectivity index (χ2n) is 6.23. The Morgan fingerprint density at radius 2 is 2.00 bits per heavy atom. The average Bonchev–Trinajstić information content (AvgIpc) is 2.92. The van der Waals surface area contributed by atoms with Crippen molar-refractivity contribution in [2.45, 2.75) is 39.3 Å². The lowest BCUT2D eigenvalue weighted by molar-refractivity contribution is -0.227. The molecule has 1 aliphatic rings. The fourth-order valence-electron chi connectivity index (χ4n) is 2.77. The number of hydrogen-bond acceptors (Lipinski definition) is 4. The van der Waals surface area contributed by atoms with E-state index in [2.05, 4.69) is 9.97 Å². The number of rotatable bonds is 3. The van der Waals surface area contributed by atoms with Gasteiger partial charge in [0.15, 0.2) is 5.41 Å². The van der Waals surface area contributed by atoms with Gasteiger partial charge in [0.25, 0.3) is 5.91 Å². The number of aliphatic carboxylic acids is 1. The number of nitrogens with zero attached hydrogens (tertiary/aromatic N) is 3. The molecule has 6 nitrogen and oxygen atoms in total. The number of hydrogen-bond donors (Lipinski definition) is 1. The minimum Gasteiger partial charge on any atom is -0.481 e. The molecule has 1 amide bonds. The van der Waals surface area contributed by atoms with E-state index < -0.39 is 36.4 Å². The van der Waals surface area contributed by atoms with Gasteiger partial charge in [-0.15, -0.1) is 0 Å². The highest BCUT2D eigenvalue weighted by Crippen LogP contribution is 2.46. The Balaban J connectivity index is 2.35. The lowest BCUT2D eigenvalue weighted by atomic mass is 9.86. The molecule has 0 radical (unpaired) electrons. The van der Waals surface area contributed by atoms with E-state index in [9.17, 15) is 22.8 Å². The van der Waals surface area contributed by atoms with Crippen molar-refractivity contribution in [3.05, 3.63) is 23.3 Å². The van der Waals surface area contributed by atoms with Crippen LogP contribution in [-0.4, -0.2) is 51.1 Å². The fraction of sp³-hybridized carbons (Fsp3) is 0.600. The molecule has 9 heteroatoms. The number of carboxylic acids is 1. The first-order valence-electron chi connectivity index (χ1n) is 7.42. The molecule has 132 valence electrons. The topological polar surface area (TPSA) is 83.4 Å². The summed E-state index contributed by atoms with van der Waals surface area (Å²) in [6.45, 7) is 4.07. The van der Waals surface area contributed by atoms with E-state index in [1.54, 1.807) is 20.8 Å². The molecule has 0 spiro atoms. The minimum absolute atomic E-state index is 0.110. The molecule has 0 aliphatic carbocycles. The number of alkyl halides is 3. The highest BCUT2D eigenvalue weighted by Gasteiger charge is 2.64. The molecule has 0 saturated carbocycles. The highest BCUT2D eigenvalue weighted by molar-refractivity contribution is 5.96. The van der Waals surface area contributed by atoms with E-state index in [1.807, 2.05) is 0 Å². The number of carbonyl (C=O) groups excluding carboxylic acids is 1. The van der Waals surface area contributed by atoms with E-state index in [0.29, 0.717) is 11.5 Å². The standard InChI is InChI=1S/C15H18F3N3O3/c1-8(2)11-10(6-19-9(3)20-11)12(22)21-5-4-14(7-21,13(23)24)15(16,17)18/h6,8H,4-5,7H2,1-3H3,(H,23,24)/t14-/m0/s1. The number of carbonyl (C=O) groups is 2. The van der Waals surface area contributed by atoms with Gasteiger partial charge in [0.05, 0.1) is 11.3 Å². The third-order valence-electron chi connectivity index (χ3n) is 4.22. The van der Waals surface area contributed by atoms with Crippen molar-refractivity contribution >= 4 is 11.9 Å². The van der Waals surface area contributed by atoms with Crippen LogP contribution in [0.25, 0.3) is 0 Å². The lowest BCUT2D eigenvalue weighted by Gasteiger charge is -2.27. The summed E-state index contributed by atoms with van der Waals surface area (Å²) >= 11 is 0. The van der Waals surface area contributed by atoms with E-state index in [0.717, 1.165) is 4.90 Å². The van der Waals surface area contributed by atoms with Crippen LogP contribution in [0, 0.1) is 12.3 Å². The predicted octanol–water partition coefficient (Wildman–Crippen LogP) is 2.39. The second kappa shape index (κ2) is 6.03. The maximum absolute atomic E-state index is 13.2. The van der Waals surface area contributed by atoms with Crippen LogP contribution in [-0.2, 0) is 4.79 Å². The molecule has 1 aromatic rings. The molecular weight excluding hydrogens is 327 g/mol. The first-order valence-corrected chi connectivity index (χ1v) is 7.42. The van der Waals surface area contributed by atoms with Gasteiger partial charge in [-0.2, -0.15) is 13.2 Å². The van der Waals surface area contributed by atoms with Crippen LogP contribution in [0.3, 0.4) is 0 Å². The van der Waals surface area contributed by atoms with Crippen molar-refractivity contribution in [2.75, 3.05) is 13.1 Å². The van der Waals surface area contributed by atoms with Gasteiger partial charge in [-0.05, 0) is 19.3 Å². The van der Waals surface area contributed by atoms with Gasteiger partial charge in [0.2, 0.25) is 0 Å². The molecule has 0 aromatic carbocycles. The van der Waals surface area contributed by atoms with Crippen LogP contribution in [0.4, 0.5) is 13.2 Å². The number of halogens is 3. The maximum Gasteiger partial charge on any atom is 0.406 e. The molecule has 1 aliphatic heterocycles. The number of aromatic nitrogens is 2. The summed E-state index contributed by atoms with van der Waals surface area (Å²) in [4.78, 5) is 32.9. The summed E-state index contributed by atoms with van der Waals surface area (Å²) < 4.78 is 39.7. The van der Waals surface area contributed by atoms with Crippen molar-refractivity contribution in [1.29, 1.82) is 0 Å². The van der Waals surface area contributed by atoms with Crippen LogP contribution in [0.15, 0.2) is 6.20 Å². The molecule has 1 atom stereocenters. The molecule has 1 fully saturated rings. The third kappa shape index (κ3) is 2.94. The normalized spacial score (nSPS) is 21.4. The summed E-state index contributed by atoms with van der Waals surface area (Å²) in [6, 6.07) is 0. The zero-order valence-corrected chi connectivity index (χ0v) is 13.5. The van der Waals surface area contributed by atoms with Gasteiger partial charge >= 0.3 is 12.1 Å². The van der Waals surface area contributed by atoms with Crippen molar-refractivity contribution in [3.8, 4) is 0 Å². The van der Waals surface area contributed by atoms with Gasteiger partial charge in [-0.1, -0.05) is 13.8 Å². The van der Waals surface area contributed by atoms with Crippen LogP contribution < -0.4 is 0 Å². The van der Waals surface area contributed by atoms with E-state index in [-0.39, 0.29) is 18.0 Å². The van der Waals surface area contributed by atoms with Crippen molar-refractivity contribution in [1.82, 2.24) is 14.9 Å². The van der Waals surface area contributed by atoms with Gasteiger partial charge in [-0.3, -0.25) is 9.59 Å². The van der Waals surface area contributed by atoms with Crippen LogP contribution in [0.5, 0.6) is 0 Å². The Labute approximate surface area is 136 Å². The molecule has 1 N–H and O–H groups in total. The summed E-state index contributed by atoms with van der Waals surface area (Å²) in [5, 5.41) is 9.07. The Morgan fingerprint density at radius 1 is 1.38 bits per heavy atom. The number of likely N-dealkylation sites (tertiary alicyclic amines) is 1. The SMILES string of the molecule is Cc1ncc(C(=O)N2CC[C@](C(=O)O)(C(F)(F)F)C2)c(C(C)C)n1. The fourth-order valence-corrected chi connectivity index (χ4v) is 2.77. The van der Waals surface area contributed by atoms with Gasteiger partial charge in [-0.25, -0.2) is 9.97 Å². The quantitative estimate of drug-likeness (QED) is 0.909. The summed E-state index contributed by atoms with van der Waals surface area (Å²) in [5.74, 6) is -2.31. The Kier molecular flexibility index (Phi) is 4.56. The molecule has 1 saturated heterocycles. The number of amides is 1. The highest BCUT2D eigenvalue weighted by atomic mass is 19.4. The molecule has 0 unspecified atom stereocenters. The molecular formula is C15H18F3N3O3. The minimum atomic E-state index is -4.93. The third-order valence-corrected chi connectivity index (χ3v) is 4.22. The van der Waals surface area contributed by atoms with E-state index in [1.165, 1.54) is 6.20 Å². The molecule has 2 rings (SSSR count). The Morgan fingerprint density at radius 3 is 2.46 bits per heavy atom. The summed E-state index contributed by atoms with van der Waals surface area (Å²) in [7, 11) is 0. The zero-order chi connectivity index (χ0) is 18.3. The van der Waals surface area contributed by atoms with E-state index in [4.69, 9.17) is 5.11 Å². The van der Waals surface area contributed by atoms with Crippen LogP contribution in [0.1, 0.15) is 48.1 Å². The first-order chi connectivity index (χ1) is 11.0. The summed E-state index contributed by atoms with van der Waals surface area (Å²) in [5.41, 5.74) is -2.38. The zero-order valence-electron chi connectivity index (χ0n) is 13.5. The summed E-state index contributed by atoms with van der Waals surface area (Å²) in [6.07, 6.45) is -4.31. The number of carboxylic acid groups (broad SMARTS) is 1. The second-order valence-corrected chi connectivity index (χ2v) is 6.23. The van der Waals surface area contributed by atoms with Crippen molar-refractivity contribution in [2.24, 2.45) is 5.41 Å². The van der Waals surface area contributed by atoms with Crippen LogP contribution in [0.2, 0.25) is 0 Å². The molecule has 24 heavy (non-hydrogen) atoms. The molecule has 1 aromatic heterocycles. The van der Waals surface area contributed by atoms with Crippen molar-refractivity contribution < 1.29 is 27.9 Å². The molecule has 0 bridgehead atoms. The lowest BCUT2D eigenvalue weighted by Crippen LogP contribution is -2.47. The largest absolute Gasteiger partial charge is 0.481 e. The monoisotopic (exact) mass is 345 g/mol. The maximum atomic E-state index is 13.2. The number of aryl methyl sites for hydroxylation is 1. The smallest absolute Gasteiger partial charge is 0.406 e. The van der Waals surface area contributed by atoms with Crippen molar-refractivity contribution in [3.63, 3.8) is 0 Å². The predicted molar refractivity (Wildman–Crippen MR) is 77.5 cm³/mol. The van der Waals surface area contributed by atoms with Gasteiger partial charge in [0.1, 0.15) is 5.82 Å². The van der Waals surface area contributed by atoms with Gasteiger partial charge < -0.3 is 10.0 Å². The molecule has 2 heterocycles.